The molecule has 0 radical (unpaired) electrons. The summed E-state index contributed by atoms with van der Waals surface area (Å²) in [6.45, 7) is 0. The van der Waals surface area contributed by atoms with Gasteiger partial charge in [0.1, 0.15) is 29.5 Å². The van der Waals surface area contributed by atoms with Crippen LogP contribution in [0.15, 0.2) is 35.0 Å². The normalized spacial score (nSPS) is 13.0. The number of nitrogens with zero attached hydrogens (tertiary/aromatic N) is 2. The van der Waals surface area contributed by atoms with Crippen molar-refractivity contribution in [3.05, 3.63) is 48.0 Å². The Kier molecular flexibility index (Phi) is 2.54. The van der Waals surface area contributed by atoms with Gasteiger partial charge in [-0.1, -0.05) is 0 Å². The Balaban J connectivity index is 2.07. The van der Waals surface area contributed by atoms with Gasteiger partial charge in [-0.25, -0.2) is 14.8 Å². The van der Waals surface area contributed by atoms with Crippen LogP contribution in [0.25, 0.3) is 11.0 Å². The molecule has 0 aliphatic carbocycles. The number of H-pyrrole nitrogens is 1. The highest BCUT2D eigenvalue weighted by Gasteiger charge is 2.19. The minimum atomic E-state index is -0.456. The van der Waals surface area contributed by atoms with Crippen LogP contribution in [0.2, 0.25) is 0 Å². The molecule has 4 N–H and O–H groups in total. The summed E-state index contributed by atoms with van der Waals surface area (Å²) >= 11 is 0. The number of nitrogens with two attached hydrogens (primary N) is 1. The molecule has 0 aliphatic heterocycles. The number of aromatic nitrogens is 3. The van der Waals surface area contributed by atoms with Gasteiger partial charge in [-0.3, -0.25) is 10.9 Å². The molecule has 0 aliphatic rings. The lowest BCUT2D eigenvalue weighted by molar-refractivity contribution is 0.464. The van der Waals surface area contributed by atoms with Crippen LogP contribution in [0.3, 0.4) is 0 Å². The van der Waals surface area contributed by atoms with E-state index in [0.29, 0.717) is 22.6 Å². The van der Waals surface area contributed by atoms with E-state index in [9.17, 15) is 4.39 Å². The Hall–Kier alpha value is -2.25. The molecule has 0 spiro atoms. The fourth-order valence-corrected chi connectivity index (χ4v) is 1.83. The van der Waals surface area contributed by atoms with E-state index in [1.54, 1.807) is 12.1 Å². The Labute approximate surface area is 101 Å². The van der Waals surface area contributed by atoms with Gasteiger partial charge in [0, 0.05) is 5.39 Å². The second-order valence-corrected chi connectivity index (χ2v) is 3.80. The molecule has 1 atom stereocenters. The molecule has 18 heavy (non-hydrogen) atoms. The molecule has 7 heteroatoms. The van der Waals surface area contributed by atoms with Crippen LogP contribution in [0, 0.1) is 5.82 Å². The van der Waals surface area contributed by atoms with Crippen LogP contribution in [0.1, 0.15) is 17.6 Å². The molecular formula is C11H10FN5O. The van der Waals surface area contributed by atoms with Crippen LogP contribution in [-0.4, -0.2) is 15.2 Å². The number of hydrazine groups is 1. The van der Waals surface area contributed by atoms with E-state index in [-0.39, 0.29) is 5.82 Å². The molecule has 0 fully saturated rings. The summed E-state index contributed by atoms with van der Waals surface area (Å²) in [6.07, 6.45) is 1.38. The Bertz CT molecular complexity index is 663. The zero-order chi connectivity index (χ0) is 12.5. The van der Waals surface area contributed by atoms with Crippen molar-refractivity contribution in [2.75, 3.05) is 0 Å². The lowest BCUT2D eigenvalue weighted by Gasteiger charge is -2.08. The van der Waals surface area contributed by atoms with Crippen LogP contribution < -0.4 is 11.3 Å². The van der Waals surface area contributed by atoms with E-state index in [0.717, 1.165) is 0 Å². The van der Waals surface area contributed by atoms with Crippen molar-refractivity contribution in [2.45, 2.75) is 6.04 Å². The number of rotatable bonds is 3. The highest BCUT2D eigenvalue weighted by atomic mass is 19.1. The molecule has 1 unspecified atom stereocenters. The van der Waals surface area contributed by atoms with Gasteiger partial charge in [-0.2, -0.15) is 5.10 Å². The van der Waals surface area contributed by atoms with Crippen LogP contribution in [0.5, 0.6) is 0 Å². The summed E-state index contributed by atoms with van der Waals surface area (Å²) in [5.41, 5.74) is 3.16. The number of fused-ring (bicyclic) bond motifs is 1. The van der Waals surface area contributed by atoms with Gasteiger partial charge in [-0.05, 0) is 24.3 Å². The Morgan fingerprint density at radius 1 is 1.39 bits per heavy atom. The van der Waals surface area contributed by atoms with E-state index in [1.807, 2.05) is 0 Å². The standard InChI is InChI=1S/C11H10FN5O/c12-7-1-2-8-6(3-7)4-9(18-8)10(16-13)11-14-5-15-17-11/h1-5,10,16H,13H2,(H,14,15,17). The molecule has 0 saturated heterocycles. The van der Waals surface area contributed by atoms with E-state index in [2.05, 4.69) is 20.6 Å². The molecule has 1 aromatic carbocycles. The van der Waals surface area contributed by atoms with E-state index >= 15 is 0 Å². The highest BCUT2D eigenvalue weighted by Crippen LogP contribution is 2.26. The monoisotopic (exact) mass is 247 g/mol. The molecular weight excluding hydrogens is 237 g/mol. The Morgan fingerprint density at radius 2 is 2.28 bits per heavy atom. The van der Waals surface area contributed by atoms with Crippen molar-refractivity contribution >= 4 is 11.0 Å². The highest BCUT2D eigenvalue weighted by molar-refractivity contribution is 5.78. The number of hydrogen-bond donors (Lipinski definition) is 3. The van der Waals surface area contributed by atoms with Gasteiger partial charge >= 0.3 is 0 Å². The molecule has 92 valence electrons. The molecule has 3 aromatic rings. The molecule has 0 amide bonds. The third-order valence-electron chi connectivity index (χ3n) is 2.66. The van der Waals surface area contributed by atoms with Crippen LogP contribution in [-0.2, 0) is 0 Å². The van der Waals surface area contributed by atoms with E-state index in [4.69, 9.17) is 10.3 Å². The number of nitrogens with one attached hydrogen (secondary N) is 2. The van der Waals surface area contributed by atoms with E-state index in [1.165, 1.54) is 18.5 Å². The smallest absolute Gasteiger partial charge is 0.150 e. The first-order chi connectivity index (χ1) is 8.78. The van der Waals surface area contributed by atoms with Crippen molar-refractivity contribution in [1.82, 2.24) is 20.6 Å². The van der Waals surface area contributed by atoms with Gasteiger partial charge < -0.3 is 4.42 Å². The van der Waals surface area contributed by atoms with Crippen LogP contribution >= 0.6 is 0 Å². The lowest BCUT2D eigenvalue weighted by atomic mass is 10.2. The zero-order valence-corrected chi connectivity index (χ0v) is 9.22. The Morgan fingerprint density at radius 3 is 3.00 bits per heavy atom. The van der Waals surface area contributed by atoms with E-state index < -0.39 is 6.04 Å². The number of halogens is 1. The van der Waals surface area contributed by atoms with Gasteiger partial charge in [0.05, 0.1) is 0 Å². The number of hydrogen-bond acceptors (Lipinski definition) is 5. The fourth-order valence-electron chi connectivity index (χ4n) is 1.83. The molecule has 2 heterocycles. The molecule has 0 bridgehead atoms. The number of benzene rings is 1. The van der Waals surface area contributed by atoms with Crippen molar-refractivity contribution in [2.24, 2.45) is 5.84 Å². The third-order valence-corrected chi connectivity index (χ3v) is 2.66. The minimum Gasteiger partial charge on any atom is -0.459 e. The first kappa shape index (κ1) is 10.9. The average Bonchev–Trinajstić information content (AvgIpc) is 2.98. The maximum atomic E-state index is 13.1. The lowest BCUT2D eigenvalue weighted by Crippen LogP contribution is -2.29. The molecule has 2 aromatic heterocycles. The quantitative estimate of drug-likeness (QED) is 0.478. The van der Waals surface area contributed by atoms with Crippen molar-refractivity contribution in [3.8, 4) is 0 Å². The van der Waals surface area contributed by atoms with Crippen molar-refractivity contribution in [3.63, 3.8) is 0 Å². The summed E-state index contributed by atoms with van der Waals surface area (Å²) in [7, 11) is 0. The summed E-state index contributed by atoms with van der Waals surface area (Å²) < 4.78 is 18.7. The fraction of sp³-hybridized carbons (Fsp3) is 0.0909. The largest absolute Gasteiger partial charge is 0.459 e. The SMILES string of the molecule is NNC(c1ncn[nH]1)c1cc2cc(F)ccc2o1. The second-order valence-electron chi connectivity index (χ2n) is 3.80. The summed E-state index contributed by atoms with van der Waals surface area (Å²) in [5, 5.41) is 7.13. The van der Waals surface area contributed by atoms with Gasteiger partial charge in [0.15, 0.2) is 5.82 Å². The van der Waals surface area contributed by atoms with Crippen molar-refractivity contribution < 1.29 is 8.81 Å². The first-order valence-corrected chi connectivity index (χ1v) is 5.28. The minimum absolute atomic E-state index is 0.313. The third kappa shape index (κ3) is 1.75. The molecule has 0 saturated carbocycles. The molecule has 6 nitrogen and oxygen atoms in total. The van der Waals surface area contributed by atoms with Gasteiger partial charge in [-0.15, -0.1) is 0 Å². The summed E-state index contributed by atoms with van der Waals surface area (Å²) in [4.78, 5) is 4.01. The maximum Gasteiger partial charge on any atom is 0.150 e. The van der Waals surface area contributed by atoms with Crippen LogP contribution in [0.4, 0.5) is 4.39 Å². The van der Waals surface area contributed by atoms with Gasteiger partial charge in [0.25, 0.3) is 0 Å². The predicted octanol–water partition coefficient (Wildman–Crippen LogP) is 1.24. The number of aromatic amines is 1. The maximum absolute atomic E-state index is 13.1. The summed E-state index contributed by atoms with van der Waals surface area (Å²) in [5.74, 6) is 6.22. The zero-order valence-electron chi connectivity index (χ0n) is 9.22. The predicted molar refractivity (Wildman–Crippen MR) is 61.7 cm³/mol. The molecule has 3 rings (SSSR count). The van der Waals surface area contributed by atoms with Crippen molar-refractivity contribution in [1.29, 1.82) is 0 Å². The first-order valence-electron chi connectivity index (χ1n) is 5.28. The van der Waals surface area contributed by atoms with Gasteiger partial charge in [0.2, 0.25) is 0 Å². The number of furan rings is 1. The second kappa shape index (κ2) is 4.21. The summed E-state index contributed by atoms with van der Waals surface area (Å²) in [6, 6.07) is 5.57. The average molecular weight is 247 g/mol. The topological polar surface area (TPSA) is 92.8 Å².